The van der Waals surface area contributed by atoms with Crippen LogP contribution in [0.4, 0.5) is 0 Å². The van der Waals surface area contributed by atoms with Crippen LogP contribution in [0, 0.1) is 0 Å². The molecule has 6 heteroatoms. The fourth-order valence-electron chi connectivity index (χ4n) is 1.22. The Hall–Kier alpha value is -1.69. The maximum Gasteiger partial charge on any atom is 0.335 e. The lowest BCUT2D eigenvalue weighted by Gasteiger charge is -2.18. The highest BCUT2D eigenvalue weighted by molar-refractivity contribution is 7.86. The number of aromatic carboxylic acids is 1. The van der Waals surface area contributed by atoms with Gasteiger partial charge in [-0.05, 0) is 31.5 Å². The molecule has 5 nitrogen and oxygen atoms in total. The molecule has 0 aliphatic carbocycles. The van der Waals surface area contributed by atoms with Crippen molar-refractivity contribution in [2.75, 3.05) is 0 Å². The quantitative estimate of drug-likeness (QED) is 0.846. The highest BCUT2D eigenvalue weighted by Crippen LogP contribution is 2.18. The first-order valence-corrected chi connectivity index (χ1v) is 6.51. The summed E-state index contributed by atoms with van der Waals surface area (Å²) >= 11 is 0. The summed E-state index contributed by atoms with van der Waals surface area (Å²) in [6.07, 6.45) is 0. The fraction of sp³-hybridized carbons (Fsp3) is 0.333. The first-order chi connectivity index (χ1) is 8.25. The van der Waals surface area contributed by atoms with E-state index in [9.17, 15) is 13.8 Å². The zero-order valence-corrected chi connectivity index (χ0v) is 10.9. The molecule has 18 heavy (non-hydrogen) atoms. The SMILES string of the molecule is CC(C)(C(=O)O)S(=O)Cc1cccc(C(=O)O)c1. The number of aliphatic carboxylic acids is 1. The number of benzene rings is 1. The molecule has 0 radical (unpaired) electrons. The number of hydrogen-bond acceptors (Lipinski definition) is 3. The van der Waals surface area contributed by atoms with E-state index in [1.807, 2.05) is 0 Å². The average Bonchev–Trinajstić information content (AvgIpc) is 2.28. The molecule has 0 saturated heterocycles. The van der Waals surface area contributed by atoms with Crippen molar-refractivity contribution in [1.82, 2.24) is 0 Å². The molecular weight excluding hydrogens is 256 g/mol. The second-order valence-corrected chi connectivity index (χ2v) is 6.31. The van der Waals surface area contributed by atoms with Gasteiger partial charge in [0, 0.05) is 16.6 Å². The first kappa shape index (κ1) is 14.4. The maximum absolute atomic E-state index is 11.9. The number of hydrogen-bond donors (Lipinski definition) is 2. The van der Waals surface area contributed by atoms with Gasteiger partial charge < -0.3 is 10.2 Å². The van der Waals surface area contributed by atoms with Gasteiger partial charge in [-0.3, -0.25) is 9.00 Å². The molecule has 0 heterocycles. The number of carboxylic acid groups (broad SMARTS) is 2. The molecule has 1 rings (SSSR count). The van der Waals surface area contributed by atoms with E-state index in [-0.39, 0.29) is 11.3 Å². The molecule has 0 aliphatic rings. The van der Waals surface area contributed by atoms with E-state index in [2.05, 4.69) is 0 Å². The van der Waals surface area contributed by atoms with Crippen LogP contribution < -0.4 is 0 Å². The topological polar surface area (TPSA) is 91.7 Å². The minimum absolute atomic E-state index is 0.0143. The normalized spacial score (nSPS) is 13.0. The van der Waals surface area contributed by atoms with Gasteiger partial charge in [0.25, 0.3) is 0 Å². The van der Waals surface area contributed by atoms with Gasteiger partial charge in [0.05, 0.1) is 5.56 Å². The van der Waals surface area contributed by atoms with E-state index in [0.29, 0.717) is 5.56 Å². The van der Waals surface area contributed by atoms with Gasteiger partial charge in [0.15, 0.2) is 0 Å². The highest BCUT2D eigenvalue weighted by atomic mass is 32.2. The molecule has 0 fully saturated rings. The van der Waals surface area contributed by atoms with E-state index in [1.165, 1.54) is 26.0 Å². The molecule has 0 aliphatic heterocycles. The van der Waals surface area contributed by atoms with E-state index in [0.717, 1.165) is 0 Å². The summed E-state index contributed by atoms with van der Waals surface area (Å²) in [5, 5.41) is 17.8. The monoisotopic (exact) mass is 270 g/mol. The third-order valence-electron chi connectivity index (χ3n) is 2.56. The molecule has 98 valence electrons. The van der Waals surface area contributed by atoms with Crippen LogP contribution in [-0.4, -0.2) is 31.1 Å². The van der Waals surface area contributed by atoms with Gasteiger partial charge >= 0.3 is 11.9 Å². The Morgan fingerprint density at radius 1 is 1.28 bits per heavy atom. The van der Waals surface area contributed by atoms with Gasteiger partial charge in [0.1, 0.15) is 4.75 Å². The number of rotatable bonds is 5. The minimum Gasteiger partial charge on any atom is -0.480 e. The largest absolute Gasteiger partial charge is 0.480 e. The van der Waals surface area contributed by atoms with E-state index < -0.39 is 27.5 Å². The van der Waals surface area contributed by atoms with Crippen LogP contribution >= 0.6 is 0 Å². The van der Waals surface area contributed by atoms with Gasteiger partial charge in [-0.15, -0.1) is 0 Å². The van der Waals surface area contributed by atoms with E-state index >= 15 is 0 Å². The summed E-state index contributed by atoms with van der Waals surface area (Å²) < 4.78 is 10.6. The predicted molar refractivity (Wildman–Crippen MR) is 67.0 cm³/mol. The Labute approximate surface area is 107 Å². The summed E-state index contributed by atoms with van der Waals surface area (Å²) in [5.41, 5.74) is 0.639. The standard InChI is InChI=1S/C12H14O5S/c1-12(2,11(15)16)18(17)7-8-4-3-5-9(6-8)10(13)14/h3-6H,7H2,1-2H3,(H,13,14)(H,15,16). The van der Waals surface area contributed by atoms with Crippen LogP contribution in [0.2, 0.25) is 0 Å². The molecule has 0 saturated carbocycles. The zero-order chi connectivity index (χ0) is 13.9. The van der Waals surface area contributed by atoms with Crippen molar-refractivity contribution in [2.45, 2.75) is 24.3 Å². The Morgan fingerprint density at radius 2 is 1.89 bits per heavy atom. The van der Waals surface area contributed by atoms with E-state index in [1.54, 1.807) is 12.1 Å². The summed E-state index contributed by atoms with van der Waals surface area (Å²) in [6, 6.07) is 6.00. The summed E-state index contributed by atoms with van der Waals surface area (Å²) in [4.78, 5) is 21.7. The van der Waals surface area contributed by atoms with Crippen molar-refractivity contribution in [3.05, 3.63) is 35.4 Å². The summed E-state index contributed by atoms with van der Waals surface area (Å²) in [5.74, 6) is -2.20. The van der Waals surface area contributed by atoms with Crippen molar-refractivity contribution in [1.29, 1.82) is 0 Å². The lowest BCUT2D eigenvalue weighted by Crippen LogP contribution is -2.37. The van der Waals surface area contributed by atoms with Gasteiger partial charge in [-0.2, -0.15) is 0 Å². The minimum atomic E-state index is -1.63. The van der Waals surface area contributed by atoms with Crippen LogP contribution in [0.25, 0.3) is 0 Å². The average molecular weight is 270 g/mol. The molecule has 1 atom stereocenters. The molecule has 0 amide bonds. The van der Waals surface area contributed by atoms with Crippen molar-refractivity contribution >= 4 is 22.7 Å². The third-order valence-corrected chi connectivity index (χ3v) is 4.46. The lowest BCUT2D eigenvalue weighted by molar-refractivity contribution is -0.139. The van der Waals surface area contributed by atoms with Crippen LogP contribution in [0.5, 0.6) is 0 Å². The Kier molecular flexibility index (Phi) is 4.24. The molecular formula is C12H14O5S. The van der Waals surface area contributed by atoms with Crippen LogP contribution in [0.3, 0.4) is 0 Å². The van der Waals surface area contributed by atoms with Crippen molar-refractivity contribution in [2.24, 2.45) is 0 Å². The Bertz CT molecular complexity index is 507. The maximum atomic E-state index is 11.9. The first-order valence-electron chi connectivity index (χ1n) is 5.19. The summed E-state index contributed by atoms with van der Waals surface area (Å²) in [6.45, 7) is 2.76. The molecule has 1 aromatic rings. The van der Waals surface area contributed by atoms with Gasteiger partial charge in [-0.25, -0.2) is 4.79 Å². The van der Waals surface area contributed by atoms with Gasteiger partial charge in [-0.1, -0.05) is 12.1 Å². The second kappa shape index (κ2) is 5.30. The Morgan fingerprint density at radius 3 is 2.39 bits per heavy atom. The van der Waals surface area contributed by atoms with Gasteiger partial charge in [0.2, 0.25) is 0 Å². The molecule has 1 aromatic carbocycles. The zero-order valence-electron chi connectivity index (χ0n) is 10.0. The van der Waals surface area contributed by atoms with Crippen LogP contribution in [0.1, 0.15) is 29.8 Å². The predicted octanol–water partition coefficient (Wildman–Crippen LogP) is 1.50. The molecule has 0 bridgehead atoms. The highest BCUT2D eigenvalue weighted by Gasteiger charge is 2.34. The smallest absolute Gasteiger partial charge is 0.335 e. The molecule has 2 N–H and O–H groups in total. The number of carbonyl (C=O) groups is 2. The third kappa shape index (κ3) is 3.16. The second-order valence-electron chi connectivity index (χ2n) is 4.31. The van der Waals surface area contributed by atoms with Crippen molar-refractivity contribution < 1.29 is 24.0 Å². The van der Waals surface area contributed by atoms with Crippen LogP contribution in [-0.2, 0) is 21.3 Å². The molecule has 0 spiro atoms. The number of carboxylic acids is 2. The van der Waals surface area contributed by atoms with Crippen molar-refractivity contribution in [3.63, 3.8) is 0 Å². The Balaban J connectivity index is 2.92. The lowest BCUT2D eigenvalue weighted by atomic mass is 10.1. The molecule has 1 unspecified atom stereocenters. The van der Waals surface area contributed by atoms with E-state index in [4.69, 9.17) is 10.2 Å². The fourth-order valence-corrected chi connectivity index (χ4v) is 2.26. The van der Waals surface area contributed by atoms with Crippen molar-refractivity contribution in [3.8, 4) is 0 Å². The molecule has 0 aromatic heterocycles. The summed E-state index contributed by atoms with van der Waals surface area (Å²) in [7, 11) is -1.63. The van der Waals surface area contributed by atoms with Crippen LogP contribution in [0.15, 0.2) is 24.3 Å².